The molecule has 0 aliphatic heterocycles. The van der Waals surface area contributed by atoms with Crippen molar-refractivity contribution < 1.29 is 13.9 Å². The highest BCUT2D eigenvalue weighted by molar-refractivity contribution is 7.98. The number of hydrogen-bond donors (Lipinski definition) is 1. The van der Waals surface area contributed by atoms with Crippen molar-refractivity contribution in [2.45, 2.75) is 43.8 Å². The summed E-state index contributed by atoms with van der Waals surface area (Å²) in [6, 6.07) is 16.0. The number of thioether (sulfide) groups is 1. The molecule has 6 nitrogen and oxygen atoms in total. The lowest BCUT2D eigenvalue weighted by molar-refractivity contribution is 0.0757. The van der Waals surface area contributed by atoms with Crippen molar-refractivity contribution in [1.82, 2.24) is 19.9 Å². The molecule has 0 saturated carbocycles. The number of rotatable bonds is 11. The van der Waals surface area contributed by atoms with Gasteiger partial charge >= 0.3 is 0 Å². The molecule has 8 heteroatoms. The summed E-state index contributed by atoms with van der Waals surface area (Å²) >= 11 is 1.62. The van der Waals surface area contributed by atoms with Gasteiger partial charge in [-0.2, -0.15) is 0 Å². The first-order valence-corrected chi connectivity index (χ1v) is 12.6. The fourth-order valence-electron chi connectivity index (χ4n) is 3.58. The van der Waals surface area contributed by atoms with E-state index in [-0.39, 0.29) is 17.8 Å². The number of imidazole rings is 1. The average molecular weight is 493 g/mol. The van der Waals surface area contributed by atoms with Crippen LogP contribution in [0.25, 0.3) is 11.0 Å². The van der Waals surface area contributed by atoms with Gasteiger partial charge in [0, 0.05) is 30.7 Å². The van der Waals surface area contributed by atoms with Gasteiger partial charge in [-0.15, -0.1) is 0 Å². The third-order valence-electron chi connectivity index (χ3n) is 5.41. The van der Waals surface area contributed by atoms with Gasteiger partial charge in [-0.1, -0.05) is 36.0 Å². The average Bonchev–Trinajstić information content (AvgIpc) is 3.21. The molecule has 35 heavy (non-hydrogen) atoms. The van der Waals surface area contributed by atoms with E-state index in [1.54, 1.807) is 36.3 Å². The minimum Gasteiger partial charge on any atom is -0.379 e. The van der Waals surface area contributed by atoms with Gasteiger partial charge in [-0.05, 0) is 61.7 Å². The molecule has 2 aromatic heterocycles. The number of aromatic nitrogens is 3. The molecule has 0 unspecified atom stereocenters. The molecule has 0 spiro atoms. The number of nitrogens with one attached hydrogen (secondary N) is 1. The summed E-state index contributed by atoms with van der Waals surface area (Å²) in [5, 5.41) is 3.80. The van der Waals surface area contributed by atoms with Gasteiger partial charge < -0.3 is 14.6 Å². The third kappa shape index (κ3) is 6.90. The lowest BCUT2D eigenvalue weighted by atomic mass is 10.1. The molecule has 182 valence electrons. The maximum atomic E-state index is 13.3. The number of carbonyl (C=O) groups excluding carboxylic acids is 1. The Labute approximate surface area is 208 Å². The van der Waals surface area contributed by atoms with E-state index in [9.17, 15) is 9.18 Å². The number of pyridine rings is 1. The van der Waals surface area contributed by atoms with Gasteiger partial charge in [-0.3, -0.25) is 9.78 Å². The first-order chi connectivity index (χ1) is 17.0. The van der Waals surface area contributed by atoms with Gasteiger partial charge in [0.15, 0.2) is 5.16 Å². The van der Waals surface area contributed by atoms with E-state index < -0.39 is 0 Å². The highest BCUT2D eigenvalue weighted by atomic mass is 32.2. The maximum Gasteiger partial charge on any atom is 0.251 e. The molecular formula is C27H29FN4O2S. The molecule has 2 heterocycles. The molecule has 0 atom stereocenters. The smallest absolute Gasteiger partial charge is 0.251 e. The van der Waals surface area contributed by atoms with Gasteiger partial charge in [-0.25, -0.2) is 9.37 Å². The molecule has 0 radical (unpaired) electrons. The van der Waals surface area contributed by atoms with Gasteiger partial charge in [0.2, 0.25) is 0 Å². The number of benzene rings is 2. The Hall–Kier alpha value is -3.23. The van der Waals surface area contributed by atoms with Crippen LogP contribution < -0.4 is 5.32 Å². The van der Waals surface area contributed by atoms with Crippen LogP contribution in [0.5, 0.6) is 0 Å². The quantitative estimate of drug-likeness (QED) is 0.223. The Bertz CT molecular complexity index is 1260. The molecule has 0 fully saturated rings. The second-order valence-corrected chi connectivity index (χ2v) is 9.43. The Morgan fingerprint density at radius 3 is 2.57 bits per heavy atom. The normalized spacial score (nSPS) is 11.3. The van der Waals surface area contributed by atoms with Crippen LogP contribution in [0.3, 0.4) is 0 Å². The van der Waals surface area contributed by atoms with Crippen molar-refractivity contribution >= 4 is 28.7 Å². The number of ether oxygens (including phenoxy) is 1. The first-order valence-electron chi connectivity index (χ1n) is 11.7. The van der Waals surface area contributed by atoms with Crippen molar-refractivity contribution in [3.63, 3.8) is 0 Å². The molecular weight excluding hydrogens is 463 g/mol. The molecule has 4 rings (SSSR count). The fraction of sp³-hybridized carbons (Fsp3) is 0.296. The van der Waals surface area contributed by atoms with E-state index in [1.165, 1.54) is 12.1 Å². The molecule has 0 bridgehead atoms. The van der Waals surface area contributed by atoms with Crippen LogP contribution >= 0.6 is 11.8 Å². The highest BCUT2D eigenvalue weighted by Crippen LogP contribution is 2.27. The molecule has 0 aliphatic carbocycles. The monoisotopic (exact) mass is 492 g/mol. The molecule has 4 aromatic rings. The predicted octanol–water partition coefficient (Wildman–Crippen LogP) is 5.46. The van der Waals surface area contributed by atoms with E-state index in [0.717, 1.165) is 33.7 Å². The number of halogens is 1. The fourth-order valence-corrected chi connectivity index (χ4v) is 4.55. The number of fused-ring (bicyclic) bond motifs is 1. The summed E-state index contributed by atoms with van der Waals surface area (Å²) < 4.78 is 20.9. The zero-order valence-corrected chi connectivity index (χ0v) is 20.7. The van der Waals surface area contributed by atoms with Crippen molar-refractivity contribution in [1.29, 1.82) is 0 Å². The van der Waals surface area contributed by atoms with E-state index in [2.05, 4.69) is 14.9 Å². The Balaban J connectivity index is 1.38. The van der Waals surface area contributed by atoms with Crippen molar-refractivity contribution in [3.8, 4) is 0 Å². The summed E-state index contributed by atoms with van der Waals surface area (Å²) in [5.74, 6) is 0.370. The minimum absolute atomic E-state index is 0.0812. The van der Waals surface area contributed by atoms with Crippen LogP contribution in [0.1, 0.15) is 41.8 Å². The summed E-state index contributed by atoms with van der Waals surface area (Å²) in [4.78, 5) is 21.4. The number of carbonyl (C=O) groups is 1. The van der Waals surface area contributed by atoms with E-state index >= 15 is 0 Å². The van der Waals surface area contributed by atoms with Gasteiger partial charge in [0.05, 0.1) is 29.9 Å². The molecule has 2 aromatic carbocycles. The Morgan fingerprint density at radius 2 is 1.83 bits per heavy atom. The number of nitrogens with zero attached hydrogens (tertiary/aromatic N) is 3. The second kappa shape index (κ2) is 12.0. The van der Waals surface area contributed by atoms with Crippen LogP contribution in [-0.2, 0) is 17.0 Å². The topological polar surface area (TPSA) is 69.0 Å². The minimum atomic E-state index is -0.252. The summed E-state index contributed by atoms with van der Waals surface area (Å²) in [7, 11) is 0. The van der Waals surface area contributed by atoms with Crippen molar-refractivity contribution in [2.75, 3.05) is 13.2 Å². The van der Waals surface area contributed by atoms with Crippen LogP contribution in [0.15, 0.2) is 72.1 Å². The lowest BCUT2D eigenvalue weighted by Crippen LogP contribution is -2.25. The summed E-state index contributed by atoms with van der Waals surface area (Å²) in [5.41, 5.74) is 4.52. The largest absolute Gasteiger partial charge is 0.379 e. The number of amides is 1. The number of hydrogen-bond acceptors (Lipinski definition) is 5. The van der Waals surface area contributed by atoms with E-state index in [0.29, 0.717) is 31.0 Å². The highest BCUT2D eigenvalue weighted by Gasteiger charge is 2.13. The SMILES string of the molecule is CC(C)OCCCNC(=O)c1ccc(CSc2nc3ccncc3n2Cc2ccc(F)cc2)cc1. The van der Waals surface area contributed by atoms with Crippen molar-refractivity contribution in [3.05, 3.63) is 89.5 Å². The van der Waals surface area contributed by atoms with E-state index in [4.69, 9.17) is 9.72 Å². The Morgan fingerprint density at radius 1 is 1.09 bits per heavy atom. The van der Waals surface area contributed by atoms with Crippen LogP contribution in [0, 0.1) is 5.82 Å². The predicted molar refractivity (Wildman–Crippen MR) is 137 cm³/mol. The molecule has 0 aliphatic rings. The van der Waals surface area contributed by atoms with Gasteiger partial charge in [0.1, 0.15) is 5.82 Å². The van der Waals surface area contributed by atoms with Crippen LogP contribution in [0.2, 0.25) is 0 Å². The summed E-state index contributed by atoms with van der Waals surface area (Å²) in [6.45, 7) is 5.79. The van der Waals surface area contributed by atoms with E-state index in [1.807, 2.05) is 44.2 Å². The van der Waals surface area contributed by atoms with Crippen LogP contribution in [0.4, 0.5) is 4.39 Å². The first kappa shape index (κ1) is 24.9. The third-order valence-corrected chi connectivity index (χ3v) is 6.46. The molecule has 1 amide bonds. The lowest BCUT2D eigenvalue weighted by Gasteiger charge is -2.10. The van der Waals surface area contributed by atoms with Crippen LogP contribution in [-0.4, -0.2) is 39.7 Å². The zero-order chi connectivity index (χ0) is 24.6. The molecule has 0 saturated heterocycles. The maximum absolute atomic E-state index is 13.3. The Kier molecular flexibility index (Phi) is 8.50. The van der Waals surface area contributed by atoms with Gasteiger partial charge in [0.25, 0.3) is 5.91 Å². The van der Waals surface area contributed by atoms with Crippen molar-refractivity contribution in [2.24, 2.45) is 0 Å². The molecule has 1 N–H and O–H groups in total. The second-order valence-electron chi connectivity index (χ2n) is 8.49. The zero-order valence-electron chi connectivity index (χ0n) is 19.9. The summed E-state index contributed by atoms with van der Waals surface area (Å²) in [6.07, 6.45) is 4.52. The standard InChI is InChI=1S/C27H29FN4O2S/c1-19(2)34-15-3-13-30-26(33)22-8-4-21(5-9-22)18-35-27-31-24-12-14-29-16-25(24)32(27)17-20-6-10-23(28)11-7-20/h4-12,14,16,19H,3,13,15,17-18H2,1-2H3,(H,30,33).